The van der Waals surface area contributed by atoms with Crippen LogP contribution in [0.3, 0.4) is 0 Å². The van der Waals surface area contributed by atoms with Gasteiger partial charge in [-0.25, -0.2) is 0 Å². The van der Waals surface area contributed by atoms with Gasteiger partial charge in [0.25, 0.3) is 0 Å². The maximum absolute atomic E-state index is 5.48. The molecule has 28 heavy (non-hydrogen) atoms. The number of aliphatic imine (C=N–C) groups is 1. The van der Waals surface area contributed by atoms with E-state index in [4.69, 9.17) is 4.74 Å². The summed E-state index contributed by atoms with van der Waals surface area (Å²) in [5.41, 5.74) is 3.64. The molecule has 2 rings (SSSR count). The lowest BCUT2D eigenvalue weighted by Gasteiger charge is -2.26. The first-order valence-electron chi connectivity index (χ1n) is 9.32. The van der Waals surface area contributed by atoms with Crippen molar-refractivity contribution in [2.75, 3.05) is 34.8 Å². The van der Waals surface area contributed by atoms with Crippen molar-refractivity contribution >= 4 is 29.9 Å². The van der Waals surface area contributed by atoms with Gasteiger partial charge in [0, 0.05) is 31.7 Å². The third-order valence-electron chi connectivity index (χ3n) is 4.66. The Morgan fingerprint density at radius 1 is 1.11 bits per heavy atom. The van der Waals surface area contributed by atoms with Gasteiger partial charge in [0.15, 0.2) is 5.96 Å². The summed E-state index contributed by atoms with van der Waals surface area (Å²) in [4.78, 5) is 6.60. The lowest BCUT2D eigenvalue weighted by atomic mass is 10.1. The molecule has 0 saturated heterocycles. The fourth-order valence-corrected chi connectivity index (χ4v) is 2.94. The maximum atomic E-state index is 5.48. The zero-order valence-corrected chi connectivity index (χ0v) is 19.9. The number of hydrogen-bond acceptors (Lipinski definition) is 3. The van der Waals surface area contributed by atoms with Crippen molar-refractivity contribution in [1.29, 1.82) is 0 Å². The fraction of sp³-hybridized carbons (Fsp3) is 0.409. The predicted octanol–water partition coefficient (Wildman–Crippen LogP) is 3.46. The van der Waals surface area contributed by atoms with Crippen molar-refractivity contribution in [3.05, 3.63) is 65.2 Å². The molecule has 2 aromatic carbocycles. The van der Waals surface area contributed by atoms with Gasteiger partial charge in [-0.15, -0.1) is 24.0 Å². The van der Waals surface area contributed by atoms with Gasteiger partial charge in [-0.1, -0.05) is 42.5 Å². The van der Waals surface area contributed by atoms with Crippen LogP contribution in [0, 0.1) is 6.92 Å². The Kier molecular flexibility index (Phi) is 10.9. The number of halogens is 1. The van der Waals surface area contributed by atoms with Gasteiger partial charge in [0.1, 0.15) is 5.75 Å². The van der Waals surface area contributed by atoms with Crippen LogP contribution in [0.25, 0.3) is 0 Å². The van der Waals surface area contributed by atoms with Crippen molar-refractivity contribution in [2.45, 2.75) is 25.9 Å². The third kappa shape index (κ3) is 7.67. The Hall–Kier alpha value is -1.80. The minimum atomic E-state index is 0. The zero-order valence-electron chi connectivity index (χ0n) is 17.5. The molecule has 0 bridgehead atoms. The number of aryl methyl sites for hydroxylation is 1. The Labute approximate surface area is 186 Å². The molecule has 5 nitrogen and oxygen atoms in total. The van der Waals surface area contributed by atoms with E-state index in [2.05, 4.69) is 90.1 Å². The molecular formula is C22H33IN4O. The topological polar surface area (TPSA) is 48.9 Å². The molecule has 0 aliphatic rings. The van der Waals surface area contributed by atoms with Crippen LogP contribution < -0.4 is 15.4 Å². The van der Waals surface area contributed by atoms with Gasteiger partial charge in [0.05, 0.1) is 7.11 Å². The fourth-order valence-electron chi connectivity index (χ4n) is 2.94. The summed E-state index contributed by atoms with van der Waals surface area (Å²) in [5.74, 6) is 1.69. The van der Waals surface area contributed by atoms with Crippen LogP contribution in [0.1, 0.15) is 16.7 Å². The molecule has 0 aliphatic carbocycles. The van der Waals surface area contributed by atoms with Gasteiger partial charge < -0.3 is 20.3 Å². The molecule has 1 unspecified atom stereocenters. The number of rotatable bonds is 8. The number of nitrogens with one attached hydrogen (secondary N) is 2. The Morgan fingerprint density at radius 3 is 2.43 bits per heavy atom. The molecule has 0 fully saturated rings. The number of ether oxygens (including phenoxy) is 1. The molecule has 154 valence electrons. The monoisotopic (exact) mass is 496 g/mol. The third-order valence-corrected chi connectivity index (χ3v) is 4.66. The first-order chi connectivity index (χ1) is 13.0. The van der Waals surface area contributed by atoms with Crippen molar-refractivity contribution in [3.8, 4) is 5.75 Å². The Bertz CT molecular complexity index is 735. The summed E-state index contributed by atoms with van der Waals surface area (Å²) in [6, 6.07) is 17.2. The van der Waals surface area contributed by atoms with E-state index in [0.717, 1.165) is 30.2 Å². The Balaban J connectivity index is 0.00000392. The number of hydrogen-bond donors (Lipinski definition) is 2. The van der Waals surface area contributed by atoms with Crippen LogP contribution in [0.4, 0.5) is 0 Å². The maximum Gasteiger partial charge on any atom is 0.191 e. The van der Waals surface area contributed by atoms with Crippen LogP contribution in [0.5, 0.6) is 5.75 Å². The number of nitrogens with zero attached hydrogens (tertiary/aromatic N) is 2. The molecule has 2 aromatic rings. The van der Waals surface area contributed by atoms with Crippen molar-refractivity contribution in [2.24, 2.45) is 4.99 Å². The number of benzene rings is 2. The summed E-state index contributed by atoms with van der Waals surface area (Å²) >= 11 is 0. The van der Waals surface area contributed by atoms with E-state index in [1.807, 2.05) is 0 Å². The second-order valence-electron chi connectivity index (χ2n) is 6.93. The van der Waals surface area contributed by atoms with Gasteiger partial charge in [-0.3, -0.25) is 4.99 Å². The molecule has 0 amide bonds. The van der Waals surface area contributed by atoms with Crippen LogP contribution in [-0.2, 0) is 13.0 Å². The molecule has 0 spiro atoms. The average molecular weight is 496 g/mol. The van der Waals surface area contributed by atoms with Crippen molar-refractivity contribution < 1.29 is 4.74 Å². The first kappa shape index (κ1) is 24.2. The summed E-state index contributed by atoms with van der Waals surface area (Å²) in [6.45, 7) is 3.54. The van der Waals surface area contributed by atoms with E-state index in [1.54, 1.807) is 14.2 Å². The lowest BCUT2D eigenvalue weighted by Crippen LogP contribution is -2.45. The van der Waals surface area contributed by atoms with E-state index < -0.39 is 0 Å². The van der Waals surface area contributed by atoms with Gasteiger partial charge in [-0.05, 0) is 44.6 Å². The molecule has 1 atom stereocenters. The normalized spacial score (nSPS) is 12.3. The zero-order chi connectivity index (χ0) is 19.6. The van der Waals surface area contributed by atoms with Crippen LogP contribution in [0.15, 0.2) is 53.5 Å². The second kappa shape index (κ2) is 12.6. The summed E-state index contributed by atoms with van der Waals surface area (Å²) in [7, 11) is 7.73. The van der Waals surface area contributed by atoms with Crippen LogP contribution in [-0.4, -0.2) is 51.7 Å². The standard InChI is InChI=1S/C22H32N4O.HI/c1-17-11-12-19(21(13-17)27-5)15-24-22(23-2)25-16-20(26(3)4)14-18-9-7-6-8-10-18;/h6-13,20H,14-16H2,1-5H3,(H2,23,24,25);1H. The Morgan fingerprint density at radius 2 is 1.82 bits per heavy atom. The van der Waals surface area contributed by atoms with Crippen LogP contribution >= 0.6 is 24.0 Å². The lowest BCUT2D eigenvalue weighted by molar-refractivity contribution is 0.290. The van der Waals surface area contributed by atoms with Gasteiger partial charge >= 0.3 is 0 Å². The van der Waals surface area contributed by atoms with E-state index in [0.29, 0.717) is 12.6 Å². The van der Waals surface area contributed by atoms with Gasteiger partial charge in [-0.2, -0.15) is 0 Å². The SMILES string of the molecule is CN=C(NCc1ccc(C)cc1OC)NCC(Cc1ccccc1)N(C)C.I. The van der Waals surface area contributed by atoms with E-state index in [1.165, 1.54) is 11.1 Å². The highest BCUT2D eigenvalue weighted by Gasteiger charge is 2.13. The van der Waals surface area contributed by atoms with Crippen molar-refractivity contribution in [1.82, 2.24) is 15.5 Å². The highest BCUT2D eigenvalue weighted by Crippen LogP contribution is 2.19. The highest BCUT2D eigenvalue weighted by atomic mass is 127. The summed E-state index contributed by atoms with van der Waals surface area (Å²) in [5, 5.41) is 6.83. The summed E-state index contributed by atoms with van der Waals surface area (Å²) < 4.78 is 5.48. The van der Waals surface area contributed by atoms with E-state index >= 15 is 0 Å². The summed E-state index contributed by atoms with van der Waals surface area (Å²) in [6.07, 6.45) is 0.990. The highest BCUT2D eigenvalue weighted by molar-refractivity contribution is 14.0. The van der Waals surface area contributed by atoms with E-state index in [-0.39, 0.29) is 24.0 Å². The molecule has 2 N–H and O–H groups in total. The molecular weight excluding hydrogens is 463 g/mol. The molecule has 0 aromatic heterocycles. The molecule has 0 heterocycles. The van der Waals surface area contributed by atoms with Crippen LogP contribution in [0.2, 0.25) is 0 Å². The number of likely N-dealkylation sites (N-methyl/N-ethyl adjacent to an activating group) is 1. The minimum Gasteiger partial charge on any atom is -0.496 e. The predicted molar refractivity (Wildman–Crippen MR) is 129 cm³/mol. The molecule has 6 heteroatoms. The van der Waals surface area contributed by atoms with Gasteiger partial charge in [0.2, 0.25) is 0 Å². The second-order valence-corrected chi connectivity index (χ2v) is 6.93. The molecule has 0 radical (unpaired) electrons. The quantitative estimate of drug-likeness (QED) is 0.334. The average Bonchev–Trinajstić information content (AvgIpc) is 2.68. The number of guanidine groups is 1. The largest absolute Gasteiger partial charge is 0.496 e. The smallest absolute Gasteiger partial charge is 0.191 e. The first-order valence-corrected chi connectivity index (χ1v) is 9.32. The molecule has 0 aliphatic heterocycles. The minimum absolute atomic E-state index is 0. The van der Waals surface area contributed by atoms with E-state index in [9.17, 15) is 0 Å². The van der Waals surface area contributed by atoms with Crippen molar-refractivity contribution in [3.63, 3.8) is 0 Å². The molecule has 0 saturated carbocycles. The number of methoxy groups -OCH3 is 1.